The van der Waals surface area contributed by atoms with E-state index in [2.05, 4.69) is 0 Å². The van der Waals surface area contributed by atoms with Crippen LogP contribution in [0.3, 0.4) is 0 Å². The lowest BCUT2D eigenvalue weighted by Gasteiger charge is -2.17. The van der Waals surface area contributed by atoms with Crippen molar-refractivity contribution in [2.75, 3.05) is 27.2 Å². The molecule has 0 fully saturated rings. The number of sulfonamides is 1. The zero-order valence-corrected chi connectivity index (χ0v) is 12.9. The first-order valence-corrected chi connectivity index (χ1v) is 7.57. The zero-order valence-electron chi connectivity index (χ0n) is 12.0. The van der Waals surface area contributed by atoms with Gasteiger partial charge in [0.15, 0.2) is 0 Å². The molecule has 1 rings (SSSR count). The topological polar surface area (TPSA) is 62.6 Å². The summed E-state index contributed by atoms with van der Waals surface area (Å²) in [5, 5.41) is 0. The van der Waals surface area contributed by atoms with Gasteiger partial charge in [-0.15, -0.1) is 0 Å². The summed E-state index contributed by atoms with van der Waals surface area (Å²) in [5.41, 5.74) is 0.357. The number of carbonyl (C=O) groups is 1. The standard InChI is InChI=1S/C12H21N3O3S/c1-6-15(7-2)19(17,18)10-8-11(14(5)9-10)12(16)13(3)4/h8-9H,6-7H2,1-5H3. The van der Waals surface area contributed by atoms with Gasteiger partial charge in [-0.1, -0.05) is 13.8 Å². The van der Waals surface area contributed by atoms with Gasteiger partial charge in [0.05, 0.1) is 0 Å². The lowest BCUT2D eigenvalue weighted by Crippen LogP contribution is -2.30. The average molecular weight is 287 g/mol. The summed E-state index contributed by atoms with van der Waals surface area (Å²) in [4.78, 5) is 13.5. The maximum Gasteiger partial charge on any atom is 0.269 e. The summed E-state index contributed by atoms with van der Waals surface area (Å²) in [7, 11) is 1.41. The van der Waals surface area contributed by atoms with Crippen LogP contribution in [0, 0.1) is 0 Å². The van der Waals surface area contributed by atoms with Crippen molar-refractivity contribution in [3.63, 3.8) is 0 Å². The van der Waals surface area contributed by atoms with E-state index in [9.17, 15) is 13.2 Å². The Bertz CT molecular complexity index is 557. The van der Waals surface area contributed by atoms with Crippen molar-refractivity contribution in [1.29, 1.82) is 0 Å². The SMILES string of the molecule is CCN(CC)S(=O)(=O)c1cc(C(=O)N(C)C)n(C)c1. The van der Waals surface area contributed by atoms with Crippen LogP contribution in [0.1, 0.15) is 24.3 Å². The Morgan fingerprint density at radius 2 is 1.79 bits per heavy atom. The third-order valence-electron chi connectivity index (χ3n) is 2.95. The van der Waals surface area contributed by atoms with Gasteiger partial charge in [0.25, 0.3) is 5.91 Å². The second kappa shape index (κ2) is 5.75. The van der Waals surface area contributed by atoms with Crippen LogP contribution in [0.5, 0.6) is 0 Å². The number of hydrogen-bond donors (Lipinski definition) is 0. The number of amides is 1. The quantitative estimate of drug-likeness (QED) is 0.803. The van der Waals surface area contributed by atoms with Crippen molar-refractivity contribution in [2.45, 2.75) is 18.7 Å². The van der Waals surface area contributed by atoms with Crippen LogP contribution in [0.15, 0.2) is 17.2 Å². The van der Waals surface area contributed by atoms with E-state index >= 15 is 0 Å². The summed E-state index contributed by atoms with van der Waals surface area (Å²) in [6.07, 6.45) is 1.48. The molecule has 0 spiro atoms. The molecule has 0 bridgehead atoms. The van der Waals surface area contributed by atoms with Crippen LogP contribution in [-0.2, 0) is 17.1 Å². The van der Waals surface area contributed by atoms with Crippen molar-refractivity contribution < 1.29 is 13.2 Å². The Morgan fingerprint density at radius 1 is 1.26 bits per heavy atom. The van der Waals surface area contributed by atoms with E-state index in [0.29, 0.717) is 18.8 Å². The third kappa shape index (κ3) is 2.98. The number of aromatic nitrogens is 1. The molecule has 108 valence electrons. The lowest BCUT2D eigenvalue weighted by molar-refractivity contribution is 0.0818. The highest BCUT2D eigenvalue weighted by Gasteiger charge is 2.25. The summed E-state index contributed by atoms with van der Waals surface area (Å²) in [5.74, 6) is -0.219. The van der Waals surface area contributed by atoms with Gasteiger partial charge in [-0.25, -0.2) is 8.42 Å². The molecule has 1 aromatic heterocycles. The summed E-state index contributed by atoms with van der Waals surface area (Å²) in [6.45, 7) is 4.39. The largest absolute Gasteiger partial charge is 0.345 e. The fourth-order valence-electron chi connectivity index (χ4n) is 1.83. The summed E-state index contributed by atoms with van der Waals surface area (Å²) < 4.78 is 27.6. The predicted octanol–water partition coefficient (Wildman–Crippen LogP) is 0.757. The molecule has 0 aliphatic heterocycles. The maximum absolute atomic E-state index is 12.3. The summed E-state index contributed by atoms with van der Waals surface area (Å²) >= 11 is 0. The number of carbonyl (C=O) groups excluding carboxylic acids is 1. The van der Waals surface area contributed by atoms with E-state index in [4.69, 9.17) is 0 Å². The van der Waals surface area contributed by atoms with E-state index in [0.717, 1.165) is 0 Å². The minimum absolute atomic E-state index is 0.156. The fraction of sp³-hybridized carbons (Fsp3) is 0.583. The zero-order chi connectivity index (χ0) is 14.8. The molecule has 0 unspecified atom stereocenters. The first-order valence-electron chi connectivity index (χ1n) is 6.13. The highest BCUT2D eigenvalue weighted by atomic mass is 32.2. The van der Waals surface area contributed by atoms with Crippen molar-refractivity contribution in [3.8, 4) is 0 Å². The van der Waals surface area contributed by atoms with Gasteiger partial charge < -0.3 is 9.47 Å². The Hall–Kier alpha value is -1.34. The van der Waals surface area contributed by atoms with Crippen molar-refractivity contribution >= 4 is 15.9 Å². The molecule has 0 saturated heterocycles. The van der Waals surface area contributed by atoms with Crippen LogP contribution in [0.4, 0.5) is 0 Å². The molecule has 0 atom stereocenters. The fourth-order valence-corrected chi connectivity index (χ4v) is 3.36. The average Bonchev–Trinajstić information content (AvgIpc) is 2.72. The first-order chi connectivity index (χ1) is 8.75. The van der Waals surface area contributed by atoms with E-state index in [1.165, 1.54) is 21.5 Å². The summed E-state index contributed by atoms with van der Waals surface area (Å²) in [6, 6.07) is 1.43. The molecular formula is C12H21N3O3S. The van der Waals surface area contributed by atoms with Gasteiger partial charge in [-0.3, -0.25) is 4.79 Å². The second-order valence-corrected chi connectivity index (χ2v) is 6.40. The van der Waals surface area contributed by atoms with Crippen molar-refractivity contribution in [2.24, 2.45) is 7.05 Å². The Morgan fingerprint density at radius 3 is 2.21 bits per heavy atom. The minimum atomic E-state index is -3.52. The molecule has 1 amide bonds. The third-order valence-corrected chi connectivity index (χ3v) is 4.96. The van der Waals surface area contributed by atoms with Gasteiger partial charge in [0.2, 0.25) is 10.0 Å². The second-order valence-electron chi connectivity index (χ2n) is 4.46. The molecule has 0 aromatic carbocycles. The van der Waals surface area contributed by atoms with Gasteiger partial charge in [0.1, 0.15) is 10.6 Å². The molecule has 6 nitrogen and oxygen atoms in total. The normalized spacial score (nSPS) is 11.9. The van der Waals surface area contributed by atoms with Gasteiger partial charge >= 0.3 is 0 Å². The molecule has 0 saturated carbocycles. The monoisotopic (exact) mass is 287 g/mol. The molecule has 19 heavy (non-hydrogen) atoms. The number of nitrogens with zero attached hydrogens (tertiary/aromatic N) is 3. The number of aryl methyl sites for hydroxylation is 1. The predicted molar refractivity (Wildman–Crippen MR) is 73.5 cm³/mol. The molecule has 0 N–H and O–H groups in total. The van der Waals surface area contributed by atoms with E-state index in [-0.39, 0.29) is 10.8 Å². The van der Waals surface area contributed by atoms with Crippen molar-refractivity contribution in [3.05, 3.63) is 18.0 Å². The molecular weight excluding hydrogens is 266 g/mol. The molecule has 1 aromatic rings. The van der Waals surface area contributed by atoms with Crippen LogP contribution in [0.25, 0.3) is 0 Å². The van der Waals surface area contributed by atoms with Crippen molar-refractivity contribution in [1.82, 2.24) is 13.8 Å². The Labute approximate surface area is 114 Å². The van der Waals surface area contributed by atoms with Crippen LogP contribution in [0.2, 0.25) is 0 Å². The Balaban J connectivity index is 3.25. The highest BCUT2D eigenvalue weighted by molar-refractivity contribution is 7.89. The molecule has 0 aliphatic rings. The van der Waals surface area contributed by atoms with Gasteiger partial charge in [-0.2, -0.15) is 4.31 Å². The Kier molecular flexibility index (Phi) is 4.75. The molecule has 0 radical (unpaired) electrons. The maximum atomic E-state index is 12.3. The molecule has 0 aliphatic carbocycles. The van der Waals surface area contributed by atoms with Gasteiger partial charge in [0, 0.05) is 40.4 Å². The molecule has 7 heteroatoms. The minimum Gasteiger partial charge on any atom is -0.345 e. The van der Waals surface area contributed by atoms with Gasteiger partial charge in [-0.05, 0) is 6.07 Å². The highest BCUT2D eigenvalue weighted by Crippen LogP contribution is 2.18. The van der Waals surface area contributed by atoms with E-state index in [1.54, 1.807) is 39.6 Å². The van der Waals surface area contributed by atoms with Crippen LogP contribution >= 0.6 is 0 Å². The molecule has 1 heterocycles. The first kappa shape index (κ1) is 15.7. The number of hydrogen-bond acceptors (Lipinski definition) is 3. The number of rotatable bonds is 5. The van der Waals surface area contributed by atoms with Crippen LogP contribution < -0.4 is 0 Å². The smallest absolute Gasteiger partial charge is 0.269 e. The lowest BCUT2D eigenvalue weighted by atomic mass is 10.4. The van der Waals surface area contributed by atoms with E-state index < -0.39 is 10.0 Å². The van der Waals surface area contributed by atoms with Crippen LogP contribution in [-0.4, -0.2) is 55.3 Å². The van der Waals surface area contributed by atoms with E-state index in [1.807, 2.05) is 0 Å².